The highest BCUT2D eigenvalue weighted by Gasteiger charge is 2.45. The first-order valence-electron chi connectivity index (χ1n) is 8.44. The van der Waals surface area contributed by atoms with Gasteiger partial charge in [0.2, 0.25) is 5.91 Å². The fourth-order valence-electron chi connectivity index (χ4n) is 3.32. The van der Waals surface area contributed by atoms with E-state index in [2.05, 4.69) is 10.3 Å². The first-order chi connectivity index (χ1) is 12.7. The van der Waals surface area contributed by atoms with E-state index in [1.807, 2.05) is 12.1 Å². The highest BCUT2D eigenvalue weighted by molar-refractivity contribution is 7.22. The zero-order valence-corrected chi connectivity index (χ0v) is 14.5. The topological polar surface area (TPSA) is 60.5 Å². The summed E-state index contributed by atoms with van der Waals surface area (Å²) in [5.74, 6) is 0.743. The van der Waals surface area contributed by atoms with Crippen LogP contribution < -0.4 is 14.8 Å². The first-order valence-corrected chi connectivity index (χ1v) is 9.26. The van der Waals surface area contributed by atoms with E-state index in [1.54, 1.807) is 18.2 Å². The van der Waals surface area contributed by atoms with Crippen LogP contribution in [0.4, 0.5) is 9.52 Å². The Bertz CT molecular complexity index is 976. The molecule has 3 aromatic rings. The molecule has 1 aliphatic carbocycles. The number of hydrogen-bond acceptors (Lipinski definition) is 5. The highest BCUT2D eigenvalue weighted by atomic mass is 32.1. The number of amides is 1. The van der Waals surface area contributed by atoms with Gasteiger partial charge in [0.25, 0.3) is 0 Å². The summed E-state index contributed by atoms with van der Waals surface area (Å²) in [6.07, 6.45) is 0.660. The largest absolute Gasteiger partial charge is 0.486 e. The molecule has 1 fully saturated rings. The van der Waals surface area contributed by atoms with Gasteiger partial charge in [-0.1, -0.05) is 29.5 Å². The summed E-state index contributed by atoms with van der Waals surface area (Å²) >= 11 is 1.39. The molecule has 1 N–H and O–H groups in total. The summed E-state index contributed by atoms with van der Waals surface area (Å²) < 4.78 is 25.9. The molecule has 0 spiro atoms. The van der Waals surface area contributed by atoms with Crippen LogP contribution in [-0.2, 0) is 4.79 Å². The molecule has 1 amide bonds. The van der Waals surface area contributed by atoms with Crippen LogP contribution in [0.1, 0.15) is 17.9 Å². The lowest BCUT2D eigenvalue weighted by Crippen LogP contribution is -2.15. The van der Waals surface area contributed by atoms with E-state index in [-0.39, 0.29) is 23.6 Å². The molecule has 0 bridgehead atoms. The molecule has 132 valence electrons. The molecule has 1 aliphatic heterocycles. The molecule has 5 nitrogen and oxygen atoms in total. The number of anilines is 1. The SMILES string of the molecule is O=C(Nc1nc2cc3c(cc2s1)OCCO3)C1CC1c1ccccc1F. The average Bonchev–Trinajstić information content (AvgIpc) is 3.34. The summed E-state index contributed by atoms with van der Waals surface area (Å²) in [7, 11) is 0. The minimum Gasteiger partial charge on any atom is -0.486 e. The van der Waals surface area contributed by atoms with Crippen molar-refractivity contribution in [1.29, 1.82) is 0 Å². The second kappa shape index (κ2) is 5.95. The number of carbonyl (C=O) groups excluding carboxylic acids is 1. The van der Waals surface area contributed by atoms with E-state index >= 15 is 0 Å². The predicted molar refractivity (Wildman–Crippen MR) is 96.5 cm³/mol. The highest BCUT2D eigenvalue weighted by Crippen LogP contribution is 2.49. The number of thiazole rings is 1. The molecule has 1 aromatic heterocycles. The van der Waals surface area contributed by atoms with Gasteiger partial charge in [0.15, 0.2) is 16.6 Å². The quantitative estimate of drug-likeness (QED) is 0.758. The predicted octanol–water partition coefficient (Wildman–Crippen LogP) is 3.95. The molecule has 2 aliphatic rings. The Morgan fingerprint density at radius 1 is 1.19 bits per heavy atom. The van der Waals surface area contributed by atoms with E-state index in [0.717, 1.165) is 10.2 Å². The summed E-state index contributed by atoms with van der Waals surface area (Å²) in [5, 5.41) is 3.40. The van der Waals surface area contributed by atoms with Gasteiger partial charge in [0.1, 0.15) is 19.0 Å². The second-order valence-corrected chi connectivity index (χ2v) is 7.47. The lowest BCUT2D eigenvalue weighted by Gasteiger charge is -2.17. The Labute approximate surface area is 152 Å². The smallest absolute Gasteiger partial charge is 0.229 e. The minimum atomic E-state index is -0.252. The van der Waals surface area contributed by atoms with Gasteiger partial charge in [-0.15, -0.1) is 0 Å². The van der Waals surface area contributed by atoms with E-state index < -0.39 is 0 Å². The molecule has 0 radical (unpaired) electrons. The maximum absolute atomic E-state index is 13.9. The number of halogens is 1. The summed E-state index contributed by atoms with van der Waals surface area (Å²) in [6, 6.07) is 10.3. The van der Waals surface area contributed by atoms with E-state index in [1.165, 1.54) is 17.4 Å². The van der Waals surface area contributed by atoms with Crippen LogP contribution >= 0.6 is 11.3 Å². The summed E-state index contributed by atoms with van der Waals surface area (Å²) in [6.45, 7) is 1.05. The van der Waals surface area contributed by atoms with Crippen LogP contribution in [0.15, 0.2) is 36.4 Å². The number of fused-ring (bicyclic) bond motifs is 2. The maximum Gasteiger partial charge on any atom is 0.229 e. The summed E-state index contributed by atoms with van der Waals surface area (Å²) in [5.41, 5.74) is 1.37. The molecule has 2 aromatic carbocycles. The van der Waals surface area contributed by atoms with Crippen molar-refractivity contribution in [2.75, 3.05) is 18.5 Å². The van der Waals surface area contributed by atoms with Gasteiger partial charge in [-0.3, -0.25) is 4.79 Å². The van der Waals surface area contributed by atoms with Gasteiger partial charge in [-0.2, -0.15) is 0 Å². The Morgan fingerprint density at radius 3 is 2.77 bits per heavy atom. The lowest BCUT2D eigenvalue weighted by atomic mass is 10.1. The molecule has 2 heterocycles. The number of ether oxygens (including phenoxy) is 2. The molecule has 0 saturated heterocycles. The molecule has 2 atom stereocenters. The number of carbonyl (C=O) groups is 1. The normalized spacial score (nSPS) is 20.8. The van der Waals surface area contributed by atoms with Crippen LogP contribution in [0.2, 0.25) is 0 Å². The Kier molecular flexibility index (Phi) is 3.56. The van der Waals surface area contributed by atoms with Crippen LogP contribution in [-0.4, -0.2) is 24.1 Å². The lowest BCUT2D eigenvalue weighted by molar-refractivity contribution is -0.117. The molecular formula is C19H15FN2O3S. The van der Waals surface area contributed by atoms with Gasteiger partial charge in [-0.25, -0.2) is 9.37 Å². The van der Waals surface area contributed by atoms with Crippen molar-refractivity contribution in [3.63, 3.8) is 0 Å². The van der Waals surface area contributed by atoms with Gasteiger partial charge in [0, 0.05) is 18.1 Å². The van der Waals surface area contributed by atoms with Crippen molar-refractivity contribution in [3.8, 4) is 11.5 Å². The van der Waals surface area contributed by atoms with Gasteiger partial charge >= 0.3 is 0 Å². The third-order valence-corrected chi connectivity index (χ3v) is 5.65. The number of nitrogens with one attached hydrogen (secondary N) is 1. The molecular weight excluding hydrogens is 355 g/mol. The van der Waals surface area contributed by atoms with Gasteiger partial charge < -0.3 is 14.8 Å². The van der Waals surface area contributed by atoms with Crippen molar-refractivity contribution in [3.05, 3.63) is 47.8 Å². The van der Waals surface area contributed by atoms with Crippen molar-refractivity contribution in [2.45, 2.75) is 12.3 Å². The fraction of sp³-hybridized carbons (Fsp3) is 0.263. The third-order valence-electron chi connectivity index (χ3n) is 4.71. The van der Waals surface area contributed by atoms with Gasteiger partial charge in [-0.05, 0) is 24.0 Å². The Hall–Kier alpha value is -2.67. The molecule has 5 rings (SSSR count). The van der Waals surface area contributed by atoms with Crippen molar-refractivity contribution in [1.82, 2.24) is 4.98 Å². The number of benzene rings is 2. The monoisotopic (exact) mass is 370 g/mol. The van der Waals surface area contributed by atoms with Crippen molar-refractivity contribution >= 4 is 32.6 Å². The summed E-state index contributed by atoms with van der Waals surface area (Å²) in [4.78, 5) is 16.9. The fourth-order valence-corrected chi connectivity index (χ4v) is 4.20. The van der Waals surface area contributed by atoms with Crippen LogP contribution in [0.3, 0.4) is 0 Å². The third kappa shape index (κ3) is 2.68. The van der Waals surface area contributed by atoms with Crippen LogP contribution in [0, 0.1) is 11.7 Å². The minimum absolute atomic E-state index is 0.0558. The second-order valence-electron chi connectivity index (χ2n) is 6.44. The molecule has 7 heteroatoms. The zero-order valence-electron chi connectivity index (χ0n) is 13.7. The standard InChI is InChI=1S/C19H15FN2O3S/c20-13-4-2-1-3-10(13)11-7-12(11)18(23)22-19-21-14-8-15-16(9-17(14)26-19)25-6-5-24-15/h1-4,8-9,11-12H,5-7H2,(H,21,22,23). The number of hydrogen-bond donors (Lipinski definition) is 1. The Balaban J connectivity index is 1.33. The van der Waals surface area contributed by atoms with Crippen LogP contribution in [0.5, 0.6) is 11.5 Å². The number of rotatable bonds is 3. The van der Waals surface area contributed by atoms with Gasteiger partial charge in [0.05, 0.1) is 10.2 Å². The van der Waals surface area contributed by atoms with E-state index in [4.69, 9.17) is 9.47 Å². The maximum atomic E-state index is 13.9. The molecule has 26 heavy (non-hydrogen) atoms. The Morgan fingerprint density at radius 2 is 1.96 bits per heavy atom. The van der Waals surface area contributed by atoms with Crippen molar-refractivity contribution < 1.29 is 18.7 Å². The van der Waals surface area contributed by atoms with E-state index in [0.29, 0.717) is 41.8 Å². The zero-order chi connectivity index (χ0) is 17.7. The van der Waals surface area contributed by atoms with Crippen molar-refractivity contribution in [2.24, 2.45) is 5.92 Å². The average molecular weight is 370 g/mol. The number of nitrogens with zero attached hydrogens (tertiary/aromatic N) is 1. The number of aromatic nitrogens is 1. The molecule has 1 saturated carbocycles. The van der Waals surface area contributed by atoms with E-state index in [9.17, 15) is 9.18 Å². The molecule has 2 unspecified atom stereocenters. The van der Waals surface area contributed by atoms with Crippen LogP contribution in [0.25, 0.3) is 10.2 Å². The first kappa shape index (κ1) is 15.6.